The van der Waals surface area contributed by atoms with Crippen molar-refractivity contribution in [3.05, 3.63) is 70.9 Å². The smallest absolute Gasteiger partial charge is 0.140 e. The Morgan fingerprint density at radius 2 is 1.95 bits per heavy atom. The summed E-state index contributed by atoms with van der Waals surface area (Å²) in [5.74, 6) is 0.400. The number of rotatable bonds is 3. The highest BCUT2D eigenvalue weighted by Crippen LogP contribution is 2.39. The summed E-state index contributed by atoms with van der Waals surface area (Å²) < 4.78 is 2.22. The summed E-state index contributed by atoms with van der Waals surface area (Å²) in [5, 5.41) is 1.83. The molecule has 0 aliphatic heterocycles. The fourth-order valence-corrected chi connectivity index (χ4v) is 3.39. The normalized spacial score (nSPS) is 17.7. The Morgan fingerprint density at radius 1 is 1.14 bits per heavy atom. The van der Waals surface area contributed by atoms with Crippen LogP contribution in [0.1, 0.15) is 29.9 Å². The summed E-state index contributed by atoms with van der Waals surface area (Å²) in [6, 6.07) is 16.3. The zero-order valence-electron chi connectivity index (χ0n) is 12.1. The van der Waals surface area contributed by atoms with Crippen LogP contribution in [0.25, 0.3) is 10.9 Å². The number of hydrogen-bond donors (Lipinski definition) is 0. The number of carbonyl (C=O) groups is 1. The molecule has 110 valence electrons. The van der Waals surface area contributed by atoms with E-state index < -0.39 is 0 Å². The van der Waals surface area contributed by atoms with Crippen molar-refractivity contribution in [2.45, 2.75) is 25.3 Å². The third kappa shape index (κ3) is 2.24. The van der Waals surface area contributed by atoms with E-state index in [9.17, 15) is 4.79 Å². The van der Waals surface area contributed by atoms with Gasteiger partial charge in [0, 0.05) is 41.0 Å². The molecule has 1 heterocycles. The average Bonchev–Trinajstić information content (AvgIpc) is 2.84. The average molecular weight is 310 g/mol. The lowest BCUT2D eigenvalue weighted by Crippen LogP contribution is -2.22. The van der Waals surface area contributed by atoms with Gasteiger partial charge in [0.15, 0.2) is 0 Å². The van der Waals surface area contributed by atoms with Crippen molar-refractivity contribution in [1.29, 1.82) is 0 Å². The Bertz CT molecular complexity index is 851. The Morgan fingerprint density at radius 3 is 2.64 bits per heavy atom. The van der Waals surface area contributed by atoms with Gasteiger partial charge in [0.05, 0.1) is 0 Å². The van der Waals surface area contributed by atoms with Gasteiger partial charge in [-0.15, -0.1) is 0 Å². The number of benzene rings is 2. The molecule has 2 aromatic carbocycles. The second-order valence-corrected chi connectivity index (χ2v) is 6.35. The van der Waals surface area contributed by atoms with Crippen LogP contribution in [0.15, 0.2) is 54.7 Å². The van der Waals surface area contributed by atoms with Crippen LogP contribution < -0.4 is 0 Å². The molecule has 1 aliphatic carbocycles. The van der Waals surface area contributed by atoms with Gasteiger partial charge < -0.3 is 4.57 Å². The maximum absolute atomic E-state index is 11.9. The number of carbonyl (C=O) groups excluding carboxylic acids is 1. The second kappa shape index (κ2) is 5.29. The lowest BCUT2D eigenvalue weighted by Gasteiger charge is -2.23. The van der Waals surface area contributed by atoms with Crippen LogP contribution in [0, 0.1) is 0 Å². The minimum atomic E-state index is 0.0537. The van der Waals surface area contributed by atoms with Crippen molar-refractivity contribution in [2.75, 3.05) is 0 Å². The van der Waals surface area contributed by atoms with E-state index in [1.165, 1.54) is 5.56 Å². The topological polar surface area (TPSA) is 22.0 Å². The number of nitrogens with zero attached hydrogens (tertiary/aromatic N) is 1. The fraction of sp³-hybridized carbons (Fsp3) is 0.211. The largest absolute Gasteiger partial charge is 0.343 e. The van der Waals surface area contributed by atoms with Crippen molar-refractivity contribution in [3.8, 4) is 0 Å². The minimum Gasteiger partial charge on any atom is -0.343 e. The van der Waals surface area contributed by atoms with Gasteiger partial charge in [-0.1, -0.05) is 41.9 Å². The third-order valence-electron chi connectivity index (χ3n) is 4.51. The molecule has 3 heteroatoms. The first kappa shape index (κ1) is 13.6. The molecule has 0 amide bonds. The van der Waals surface area contributed by atoms with E-state index >= 15 is 0 Å². The van der Waals surface area contributed by atoms with Gasteiger partial charge in [-0.2, -0.15) is 0 Å². The summed E-state index contributed by atoms with van der Waals surface area (Å²) in [4.78, 5) is 11.9. The van der Waals surface area contributed by atoms with E-state index in [4.69, 9.17) is 11.6 Å². The fourth-order valence-electron chi connectivity index (χ4n) is 3.22. The summed E-state index contributed by atoms with van der Waals surface area (Å²) in [6.45, 7) is 0.805. The van der Waals surface area contributed by atoms with Gasteiger partial charge in [0.25, 0.3) is 0 Å². The number of aromatic nitrogens is 1. The first-order valence-electron chi connectivity index (χ1n) is 7.57. The zero-order valence-corrected chi connectivity index (χ0v) is 12.9. The summed E-state index contributed by atoms with van der Waals surface area (Å²) in [7, 11) is 0. The molecule has 0 radical (unpaired) electrons. The van der Waals surface area contributed by atoms with Gasteiger partial charge in [-0.25, -0.2) is 0 Å². The molecule has 4 rings (SSSR count). The predicted octanol–water partition coefficient (Wildman–Crippen LogP) is 4.79. The number of ketones is 1. The molecular weight excluding hydrogens is 294 g/mol. The first-order valence-corrected chi connectivity index (χ1v) is 7.95. The monoisotopic (exact) mass is 309 g/mol. The number of Topliss-reactive ketones (excluding diaryl/α,β-unsaturated/α-hetero) is 1. The van der Waals surface area contributed by atoms with E-state index in [0.717, 1.165) is 34.5 Å². The Balaban J connectivity index is 1.83. The predicted molar refractivity (Wildman–Crippen MR) is 89.5 cm³/mol. The van der Waals surface area contributed by atoms with E-state index in [1.54, 1.807) is 0 Å². The molecular formula is C19H16ClNO. The van der Waals surface area contributed by atoms with Crippen LogP contribution in [0.4, 0.5) is 0 Å². The van der Waals surface area contributed by atoms with Crippen LogP contribution in [0.2, 0.25) is 5.02 Å². The molecule has 22 heavy (non-hydrogen) atoms. The number of hydrogen-bond acceptors (Lipinski definition) is 1. The van der Waals surface area contributed by atoms with Gasteiger partial charge in [-0.3, -0.25) is 4.79 Å². The van der Waals surface area contributed by atoms with Crippen molar-refractivity contribution in [3.63, 3.8) is 0 Å². The molecule has 3 aromatic rings. The first-order chi connectivity index (χ1) is 10.7. The lowest BCUT2D eigenvalue weighted by molar-refractivity contribution is -0.125. The van der Waals surface area contributed by atoms with Crippen LogP contribution in [-0.4, -0.2) is 10.4 Å². The van der Waals surface area contributed by atoms with Gasteiger partial charge in [0.2, 0.25) is 0 Å². The van der Waals surface area contributed by atoms with Crippen LogP contribution in [-0.2, 0) is 11.3 Å². The number of halogens is 1. The highest BCUT2D eigenvalue weighted by molar-refractivity contribution is 6.31. The van der Waals surface area contributed by atoms with Gasteiger partial charge >= 0.3 is 0 Å². The van der Waals surface area contributed by atoms with Crippen LogP contribution >= 0.6 is 11.6 Å². The highest BCUT2D eigenvalue weighted by atomic mass is 35.5. The van der Waals surface area contributed by atoms with Crippen molar-refractivity contribution in [1.82, 2.24) is 4.57 Å². The van der Waals surface area contributed by atoms with E-state index in [1.807, 2.05) is 36.4 Å². The van der Waals surface area contributed by atoms with Gasteiger partial charge in [-0.05, 0) is 35.7 Å². The summed E-state index contributed by atoms with van der Waals surface area (Å²) in [6.07, 6.45) is 3.79. The Kier molecular flexibility index (Phi) is 3.27. The Labute approximate surface area is 134 Å². The van der Waals surface area contributed by atoms with Crippen LogP contribution in [0.3, 0.4) is 0 Å². The molecule has 1 unspecified atom stereocenters. The molecule has 0 N–H and O–H groups in total. The molecule has 0 saturated heterocycles. The molecule has 1 aliphatic rings. The van der Waals surface area contributed by atoms with Crippen molar-refractivity contribution >= 4 is 28.3 Å². The molecule has 0 bridgehead atoms. The Hall–Kier alpha value is -2.06. The van der Waals surface area contributed by atoms with Crippen molar-refractivity contribution in [2.24, 2.45) is 0 Å². The lowest BCUT2D eigenvalue weighted by atomic mass is 9.78. The summed E-state index contributed by atoms with van der Waals surface area (Å²) in [5.41, 5.74) is 3.52. The molecule has 1 atom stereocenters. The molecule has 1 aromatic heterocycles. The maximum Gasteiger partial charge on any atom is 0.140 e. The zero-order chi connectivity index (χ0) is 15.1. The quantitative estimate of drug-likeness (QED) is 0.682. The second-order valence-electron chi connectivity index (χ2n) is 5.92. The minimum absolute atomic E-state index is 0.0537. The number of fused-ring (bicyclic) bond motifs is 1. The van der Waals surface area contributed by atoms with Gasteiger partial charge in [0.1, 0.15) is 5.78 Å². The van der Waals surface area contributed by atoms with E-state index in [0.29, 0.717) is 12.2 Å². The van der Waals surface area contributed by atoms with Crippen LogP contribution in [0.5, 0.6) is 0 Å². The SMILES string of the molecule is O=C1CCC1c1cn(Cc2ccccc2)c2ccc(Cl)cc12. The standard InChI is InChI=1S/C19H16ClNO/c20-14-6-8-18-16(10-14)17(15-7-9-19(15)22)12-21(18)11-13-4-2-1-3-5-13/h1-6,8,10,12,15H,7,9,11H2. The molecule has 1 fully saturated rings. The summed E-state index contributed by atoms with van der Waals surface area (Å²) >= 11 is 6.17. The van der Waals surface area contributed by atoms with E-state index in [2.05, 4.69) is 22.9 Å². The molecule has 1 saturated carbocycles. The highest BCUT2D eigenvalue weighted by Gasteiger charge is 2.32. The maximum atomic E-state index is 11.9. The van der Waals surface area contributed by atoms with E-state index in [-0.39, 0.29) is 5.92 Å². The molecule has 2 nitrogen and oxygen atoms in total. The van der Waals surface area contributed by atoms with Crippen molar-refractivity contribution < 1.29 is 4.79 Å². The third-order valence-corrected chi connectivity index (χ3v) is 4.75. The molecule has 0 spiro atoms.